The monoisotopic (exact) mass is 243 g/mol. The molecule has 1 rings (SSSR count). The Morgan fingerprint density at radius 2 is 2.20 bits per heavy atom. The largest absolute Gasteiger partial charge is 0.353 e. The van der Waals surface area contributed by atoms with Crippen molar-refractivity contribution in [3.63, 3.8) is 0 Å². The highest BCUT2D eigenvalue weighted by Gasteiger charge is 2.01. The molecule has 0 aliphatic rings. The van der Waals surface area contributed by atoms with Crippen LogP contribution >= 0.6 is 23.2 Å². The van der Waals surface area contributed by atoms with E-state index in [1.54, 1.807) is 24.3 Å². The topological polar surface area (TPSA) is 29.1 Å². The number of likely N-dealkylation sites (N-methyl/N-ethyl adjacent to an activating group) is 1. The van der Waals surface area contributed by atoms with Gasteiger partial charge in [0, 0.05) is 12.6 Å². The smallest absolute Gasteiger partial charge is 0.243 e. The predicted molar refractivity (Wildman–Crippen MR) is 64.2 cm³/mol. The molecule has 0 unspecified atom stereocenters. The zero-order chi connectivity index (χ0) is 11.3. The minimum atomic E-state index is -0.145. The summed E-state index contributed by atoms with van der Waals surface area (Å²) in [6.45, 7) is 2.46. The van der Waals surface area contributed by atoms with E-state index in [9.17, 15) is 4.79 Å². The number of benzene rings is 1. The van der Waals surface area contributed by atoms with Gasteiger partial charge in [-0.3, -0.25) is 4.79 Å². The van der Waals surface area contributed by atoms with Crippen molar-refractivity contribution in [2.24, 2.45) is 0 Å². The summed E-state index contributed by atoms with van der Waals surface area (Å²) in [5.74, 6) is -0.145. The SMILES string of the molecule is CCNC(=O)C=Cc1cccc(Cl)c1Cl. The van der Waals surface area contributed by atoms with Gasteiger partial charge in [-0.05, 0) is 24.6 Å². The maximum Gasteiger partial charge on any atom is 0.243 e. The summed E-state index contributed by atoms with van der Waals surface area (Å²) in [6, 6.07) is 5.28. The van der Waals surface area contributed by atoms with Gasteiger partial charge in [-0.25, -0.2) is 0 Å². The summed E-state index contributed by atoms with van der Waals surface area (Å²) in [5.41, 5.74) is 0.732. The van der Waals surface area contributed by atoms with Crippen LogP contribution in [0.5, 0.6) is 0 Å². The van der Waals surface area contributed by atoms with E-state index in [1.165, 1.54) is 6.08 Å². The molecule has 0 saturated carbocycles. The van der Waals surface area contributed by atoms with Crippen molar-refractivity contribution in [3.05, 3.63) is 39.9 Å². The highest BCUT2D eigenvalue weighted by Crippen LogP contribution is 2.26. The fraction of sp³-hybridized carbons (Fsp3) is 0.182. The van der Waals surface area contributed by atoms with Gasteiger partial charge in [0.25, 0.3) is 0 Å². The van der Waals surface area contributed by atoms with Crippen molar-refractivity contribution in [2.75, 3.05) is 6.54 Å². The fourth-order valence-corrected chi connectivity index (χ4v) is 1.42. The van der Waals surface area contributed by atoms with Crippen molar-refractivity contribution < 1.29 is 4.79 Å². The molecule has 0 radical (unpaired) electrons. The van der Waals surface area contributed by atoms with Crippen LogP contribution in [0.3, 0.4) is 0 Å². The predicted octanol–water partition coefficient (Wildman–Crippen LogP) is 3.14. The van der Waals surface area contributed by atoms with Gasteiger partial charge in [0.2, 0.25) is 5.91 Å². The molecule has 2 nitrogen and oxygen atoms in total. The number of carbonyl (C=O) groups excluding carboxylic acids is 1. The number of rotatable bonds is 3. The van der Waals surface area contributed by atoms with E-state index in [0.29, 0.717) is 16.6 Å². The molecular weight excluding hydrogens is 233 g/mol. The van der Waals surface area contributed by atoms with E-state index in [2.05, 4.69) is 5.32 Å². The van der Waals surface area contributed by atoms with Crippen LogP contribution in [0, 0.1) is 0 Å². The molecule has 0 aliphatic heterocycles. The lowest BCUT2D eigenvalue weighted by atomic mass is 10.2. The van der Waals surface area contributed by atoms with Gasteiger partial charge < -0.3 is 5.32 Å². The first-order chi connectivity index (χ1) is 7.15. The molecule has 0 aliphatic carbocycles. The average molecular weight is 244 g/mol. The first-order valence-electron chi connectivity index (χ1n) is 4.55. The Kier molecular flexibility index (Phi) is 4.66. The van der Waals surface area contributed by atoms with Crippen LogP contribution in [0.1, 0.15) is 12.5 Å². The molecule has 0 spiro atoms. The summed E-state index contributed by atoms with van der Waals surface area (Å²) in [4.78, 5) is 11.1. The third kappa shape index (κ3) is 3.57. The maximum atomic E-state index is 11.1. The van der Waals surface area contributed by atoms with E-state index in [1.807, 2.05) is 6.92 Å². The summed E-state index contributed by atoms with van der Waals surface area (Å²) in [5, 5.41) is 3.59. The third-order valence-electron chi connectivity index (χ3n) is 1.75. The maximum absolute atomic E-state index is 11.1. The number of nitrogens with one attached hydrogen (secondary N) is 1. The van der Waals surface area contributed by atoms with Crippen LogP contribution in [0.25, 0.3) is 6.08 Å². The van der Waals surface area contributed by atoms with Gasteiger partial charge in [-0.1, -0.05) is 35.3 Å². The zero-order valence-electron chi connectivity index (χ0n) is 8.26. The number of amides is 1. The molecular formula is C11H11Cl2NO. The lowest BCUT2D eigenvalue weighted by molar-refractivity contribution is -0.116. The molecule has 15 heavy (non-hydrogen) atoms. The van der Waals surface area contributed by atoms with E-state index >= 15 is 0 Å². The Morgan fingerprint density at radius 1 is 1.47 bits per heavy atom. The normalized spacial score (nSPS) is 10.6. The van der Waals surface area contributed by atoms with Gasteiger partial charge in [0.1, 0.15) is 0 Å². The van der Waals surface area contributed by atoms with E-state index in [4.69, 9.17) is 23.2 Å². The Morgan fingerprint density at radius 3 is 2.87 bits per heavy atom. The molecule has 1 amide bonds. The summed E-state index contributed by atoms with van der Waals surface area (Å²) in [7, 11) is 0. The Hall–Kier alpha value is -0.990. The van der Waals surface area contributed by atoms with Crippen LogP contribution in [-0.4, -0.2) is 12.5 Å². The van der Waals surface area contributed by atoms with Gasteiger partial charge in [-0.15, -0.1) is 0 Å². The van der Waals surface area contributed by atoms with Crippen LogP contribution in [0.2, 0.25) is 10.0 Å². The summed E-state index contributed by atoms with van der Waals surface area (Å²) in [6.07, 6.45) is 3.07. The molecule has 0 atom stereocenters. The average Bonchev–Trinajstić information content (AvgIpc) is 2.21. The lowest BCUT2D eigenvalue weighted by Crippen LogP contribution is -2.19. The molecule has 80 valence electrons. The molecule has 0 fully saturated rings. The van der Waals surface area contributed by atoms with Crippen molar-refractivity contribution in [2.45, 2.75) is 6.92 Å². The molecule has 0 heterocycles. The standard InChI is InChI=1S/C11H11Cl2NO/c1-2-14-10(15)7-6-8-4-3-5-9(12)11(8)13/h3-7H,2H2,1H3,(H,14,15). The molecule has 0 aromatic heterocycles. The van der Waals surface area contributed by atoms with Crippen LogP contribution in [-0.2, 0) is 4.79 Å². The molecule has 0 bridgehead atoms. The highest BCUT2D eigenvalue weighted by atomic mass is 35.5. The first kappa shape index (κ1) is 12.1. The summed E-state index contributed by atoms with van der Waals surface area (Å²) < 4.78 is 0. The van der Waals surface area contributed by atoms with Crippen LogP contribution < -0.4 is 5.32 Å². The molecule has 1 N–H and O–H groups in total. The summed E-state index contributed by atoms with van der Waals surface area (Å²) >= 11 is 11.8. The van der Waals surface area contributed by atoms with Crippen molar-refractivity contribution in [3.8, 4) is 0 Å². The minimum Gasteiger partial charge on any atom is -0.353 e. The quantitative estimate of drug-likeness (QED) is 0.813. The van der Waals surface area contributed by atoms with Crippen LogP contribution in [0.4, 0.5) is 0 Å². The Balaban J connectivity index is 2.81. The second kappa shape index (κ2) is 5.79. The van der Waals surface area contributed by atoms with Gasteiger partial charge >= 0.3 is 0 Å². The molecule has 1 aromatic carbocycles. The fourth-order valence-electron chi connectivity index (χ4n) is 1.05. The van der Waals surface area contributed by atoms with Crippen molar-refractivity contribution in [1.82, 2.24) is 5.32 Å². The molecule has 1 aromatic rings. The van der Waals surface area contributed by atoms with Crippen LogP contribution in [0.15, 0.2) is 24.3 Å². The van der Waals surface area contributed by atoms with Gasteiger partial charge in [0.15, 0.2) is 0 Å². The Labute approximate surface area is 98.9 Å². The minimum absolute atomic E-state index is 0.145. The zero-order valence-corrected chi connectivity index (χ0v) is 9.77. The lowest BCUT2D eigenvalue weighted by Gasteiger charge is -2.00. The van der Waals surface area contributed by atoms with Gasteiger partial charge in [0.05, 0.1) is 10.0 Å². The number of carbonyl (C=O) groups is 1. The molecule has 0 saturated heterocycles. The van der Waals surface area contributed by atoms with E-state index in [-0.39, 0.29) is 5.91 Å². The van der Waals surface area contributed by atoms with E-state index < -0.39 is 0 Å². The second-order valence-corrected chi connectivity index (χ2v) is 3.66. The second-order valence-electron chi connectivity index (χ2n) is 2.87. The van der Waals surface area contributed by atoms with Gasteiger partial charge in [-0.2, -0.15) is 0 Å². The van der Waals surface area contributed by atoms with Crippen molar-refractivity contribution in [1.29, 1.82) is 0 Å². The molecule has 4 heteroatoms. The van der Waals surface area contributed by atoms with E-state index in [0.717, 1.165) is 5.56 Å². The highest BCUT2D eigenvalue weighted by molar-refractivity contribution is 6.42. The van der Waals surface area contributed by atoms with Crippen molar-refractivity contribution >= 4 is 35.2 Å². The number of hydrogen-bond acceptors (Lipinski definition) is 1. The Bertz CT molecular complexity index is 388. The number of hydrogen-bond donors (Lipinski definition) is 1. The third-order valence-corrected chi connectivity index (χ3v) is 2.58. The number of halogens is 2. The first-order valence-corrected chi connectivity index (χ1v) is 5.30.